The Labute approximate surface area is 88.0 Å². The zero-order valence-corrected chi connectivity index (χ0v) is 8.53. The van der Waals surface area contributed by atoms with Gasteiger partial charge in [-0.25, -0.2) is 4.79 Å². The van der Waals surface area contributed by atoms with Crippen LogP contribution in [0.2, 0.25) is 0 Å². The second kappa shape index (κ2) is 5.14. The standard InChI is InChI=1S/C11H13NO3/c1-8(13)2-3-9-4-6-10(7-5-9)15-11(12)14/h4-7H,2-3H2,1H3,(H2,12,14). The van der Waals surface area contributed by atoms with Crippen LogP contribution in [0.25, 0.3) is 0 Å². The molecule has 0 aliphatic heterocycles. The third kappa shape index (κ3) is 4.26. The lowest BCUT2D eigenvalue weighted by Gasteiger charge is -2.02. The molecule has 1 aromatic rings. The van der Waals surface area contributed by atoms with Crippen molar-refractivity contribution in [3.05, 3.63) is 29.8 Å². The van der Waals surface area contributed by atoms with E-state index in [2.05, 4.69) is 4.74 Å². The topological polar surface area (TPSA) is 69.4 Å². The molecule has 15 heavy (non-hydrogen) atoms. The summed E-state index contributed by atoms with van der Waals surface area (Å²) in [5, 5.41) is 0. The Kier molecular flexibility index (Phi) is 3.85. The van der Waals surface area contributed by atoms with Gasteiger partial charge in [0, 0.05) is 6.42 Å². The van der Waals surface area contributed by atoms with Crippen LogP contribution in [0.5, 0.6) is 5.75 Å². The number of Topliss-reactive ketones (excluding diaryl/α,β-unsaturated/α-hetero) is 1. The summed E-state index contributed by atoms with van der Waals surface area (Å²) < 4.78 is 4.67. The van der Waals surface area contributed by atoms with Gasteiger partial charge in [0.05, 0.1) is 0 Å². The lowest BCUT2D eigenvalue weighted by Crippen LogP contribution is -2.16. The van der Waals surface area contributed by atoms with E-state index in [9.17, 15) is 9.59 Å². The molecule has 0 spiro atoms. The molecular formula is C11H13NO3. The van der Waals surface area contributed by atoms with Crippen molar-refractivity contribution < 1.29 is 14.3 Å². The van der Waals surface area contributed by atoms with Crippen LogP contribution in [0.3, 0.4) is 0 Å². The Balaban J connectivity index is 2.56. The molecule has 1 rings (SSSR count). The highest BCUT2D eigenvalue weighted by atomic mass is 16.5. The first-order valence-corrected chi connectivity index (χ1v) is 4.63. The van der Waals surface area contributed by atoms with Gasteiger partial charge in [-0.05, 0) is 31.0 Å². The molecule has 0 radical (unpaired) electrons. The minimum absolute atomic E-state index is 0.160. The van der Waals surface area contributed by atoms with Crippen LogP contribution in [0.4, 0.5) is 4.79 Å². The van der Waals surface area contributed by atoms with Crippen molar-refractivity contribution in [3.63, 3.8) is 0 Å². The molecule has 0 saturated heterocycles. The van der Waals surface area contributed by atoms with E-state index in [1.165, 1.54) is 0 Å². The number of aryl methyl sites for hydroxylation is 1. The van der Waals surface area contributed by atoms with E-state index in [1.54, 1.807) is 31.2 Å². The van der Waals surface area contributed by atoms with Crippen molar-refractivity contribution in [2.75, 3.05) is 0 Å². The normalized spacial score (nSPS) is 9.67. The first kappa shape index (κ1) is 11.2. The van der Waals surface area contributed by atoms with E-state index in [0.29, 0.717) is 18.6 Å². The second-order valence-corrected chi connectivity index (χ2v) is 3.27. The third-order valence-electron chi connectivity index (χ3n) is 1.91. The predicted octanol–water partition coefficient (Wildman–Crippen LogP) is 1.67. The largest absolute Gasteiger partial charge is 0.411 e. The van der Waals surface area contributed by atoms with Gasteiger partial charge in [0.2, 0.25) is 0 Å². The number of amides is 1. The van der Waals surface area contributed by atoms with Gasteiger partial charge in [0.25, 0.3) is 0 Å². The van der Waals surface area contributed by atoms with Crippen LogP contribution in [0.15, 0.2) is 24.3 Å². The predicted molar refractivity (Wildman–Crippen MR) is 55.7 cm³/mol. The molecule has 0 saturated carbocycles. The third-order valence-corrected chi connectivity index (χ3v) is 1.91. The summed E-state index contributed by atoms with van der Waals surface area (Å²) >= 11 is 0. The lowest BCUT2D eigenvalue weighted by atomic mass is 10.1. The number of ether oxygens (including phenoxy) is 1. The molecule has 0 bridgehead atoms. The van der Waals surface area contributed by atoms with Crippen molar-refractivity contribution in [1.82, 2.24) is 0 Å². The van der Waals surface area contributed by atoms with Crippen LogP contribution in [-0.4, -0.2) is 11.9 Å². The number of rotatable bonds is 4. The Morgan fingerprint density at radius 2 is 1.87 bits per heavy atom. The first-order valence-electron chi connectivity index (χ1n) is 4.63. The Morgan fingerprint density at radius 3 is 2.33 bits per heavy atom. The average Bonchev–Trinajstić information content (AvgIpc) is 2.16. The molecule has 2 N–H and O–H groups in total. The van der Waals surface area contributed by atoms with E-state index in [0.717, 1.165) is 5.56 Å². The van der Waals surface area contributed by atoms with Crippen molar-refractivity contribution in [1.29, 1.82) is 0 Å². The van der Waals surface area contributed by atoms with Crippen LogP contribution < -0.4 is 10.5 Å². The summed E-state index contributed by atoms with van der Waals surface area (Å²) in [4.78, 5) is 21.2. The van der Waals surface area contributed by atoms with Crippen LogP contribution >= 0.6 is 0 Å². The Hall–Kier alpha value is -1.84. The molecule has 0 aliphatic rings. The number of nitrogens with two attached hydrogens (primary N) is 1. The lowest BCUT2D eigenvalue weighted by molar-refractivity contribution is -0.116. The molecular weight excluding hydrogens is 194 g/mol. The van der Waals surface area contributed by atoms with Crippen molar-refractivity contribution in [2.24, 2.45) is 5.73 Å². The Bertz CT molecular complexity index is 357. The SMILES string of the molecule is CC(=O)CCc1ccc(OC(N)=O)cc1. The van der Waals surface area contributed by atoms with E-state index in [-0.39, 0.29) is 5.78 Å². The van der Waals surface area contributed by atoms with E-state index >= 15 is 0 Å². The fraction of sp³-hybridized carbons (Fsp3) is 0.273. The quantitative estimate of drug-likeness (QED) is 0.816. The van der Waals surface area contributed by atoms with Gasteiger partial charge in [-0.1, -0.05) is 12.1 Å². The van der Waals surface area contributed by atoms with Crippen molar-refractivity contribution >= 4 is 11.9 Å². The second-order valence-electron chi connectivity index (χ2n) is 3.27. The van der Waals surface area contributed by atoms with Crippen molar-refractivity contribution in [2.45, 2.75) is 19.8 Å². The molecule has 0 atom stereocenters. The fourth-order valence-electron chi connectivity index (χ4n) is 1.16. The summed E-state index contributed by atoms with van der Waals surface area (Å²) in [5.41, 5.74) is 5.88. The molecule has 0 aromatic heterocycles. The van der Waals surface area contributed by atoms with Crippen LogP contribution in [0.1, 0.15) is 18.9 Å². The smallest absolute Gasteiger partial charge is 0.409 e. The summed E-state index contributed by atoms with van der Waals surface area (Å²) in [6.07, 6.45) is 0.397. The number of benzene rings is 1. The zero-order valence-electron chi connectivity index (χ0n) is 8.53. The molecule has 4 heteroatoms. The number of hydrogen-bond donors (Lipinski definition) is 1. The van der Waals surface area contributed by atoms with E-state index in [4.69, 9.17) is 5.73 Å². The molecule has 0 heterocycles. The van der Waals surface area contributed by atoms with E-state index in [1.807, 2.05) is 0 Å². The summed E-state index contributed by atoms with van der Waals surface area (Å²) in [5.74, 6) is 0.571. The van der Waals surface area contributed by atoms with Gasteiger partial charge >= 0.3 is 6.09 Å². The molecule has 4 nitrogen and oxygen atoms in total. The highest BCUT2D eigenvalue weighted by Gasteiger charge is 2.00. The number of hydrogen-bond acceptors (Lipinski definition) is 3. The number of ketones is 1. The number of carbonyl (C=O) groups excluding carboxylic acids is 2. The maximum Gasteiger partial charge on any atom is 0.409 e. The molecule has 1 amide bonds. The summed E-state index contributed by atoms with van der Waals surface area (Å²) in [6, 6.07) is 6.92. The maximum absolute atomic E-state index is 10.7. The molecule has 1 aromatic carbocycles. The van der Waals surface area contributed by atoms with Gasteiger partial charge < -0.3 is 15.3 Å². The Morgan fingerprint density at radius 1 is 1.27 bits per heavy atom. The average molecular weight is 207 g/mol. The molecule has 80 valence electrons. The van der Waals surface area contributed by atoms with E-state index < -0.39 is 6.09 Å². The highest BCUT2D eigenvalue weighted by molar-refractivity contribution is 5.75. The highest BCUT2D eigenvalue weighted by Crippen LogP contribution is 2.13. The number of carbonyl (C=O) groups is 2. The van der Waals surface area contributed by atoms with Gasteiger partial charge in [-0.15, -0.1) is 0 Å². The minimum atomic E-state index is -0.827. The molecule has 0 unspecified atom stereocenters. The van der Waals surface area contributed by atoms with Gasteiger partial charge in [0.15, 0.2) is 0 Å². The molecule has 0 aliphatic carbocycles. The van der Waals surface area contributed by atoms with Crippen LogP contribution in [0, 0.1) is 0 Å². The summed E-state index contributed by atoms with van der Waals surface area (Å²) in [7, 11) is 0. The van der Waals surface area contributed by atoms with Gasteiger partial charge in [0.1, 0.15) is 11.5 Å². The first-order chi connectivity index (χ1) is 7.08. The van der Waals surface area contributed by atoms with Crippen molar-refractivity contribution in [3.8, 4) is 5.75 Å². The monoisotopic (exact) mass is 207 g/mol. The minimum Gasteiger partial charge on any atom is -0.411 e. The molecule has 0 fully saturated rings. The maximum atomic E-state index is 10.7. The van der Waals surface area contributed by atoms with Crippen LogP contribution in [-0.2, 0) is 11.2 Å². The number of primary amides is 1. The summed E-state index contributed by atoms with van der Waals surface area (Å²) in [6.45, 7) is 1.56. The van der Waals surface area contributed by atoms with Gasteiger partial charge in [-0.3, -0.25) is 0 Å². The zero-order chi connectivity index (χ0) is 11.3. The van der Waals surface area contributed by atoms with Gasteiger partial charge in [-0.2, -0.15) is 0 Å². The fourth-order valence-corrected chi connectivity index (χ4v) is 1.16.